The molecule has 3 heterocycles. The smallest absolute Gasteiger partial charge is 0.264 e. The average molecular weight is 530 g/mol. The monoisotopic (exact) mass is 529 g/mol. The van der Waals surface area contributed by atoms with Gasteiger partial charge in [0.15, 0.2) is 0 Å². The van der Waals surface area contributed by atoms with Crippen LogP contribution in [0.2, 0.25) is 0 Å². The third-order valence-electron chi connectivity index (χ3n) is 6.60. The van der Waals surface area contributed by atoms with Crippen molar-refractivity contribution in [2.75, 3.05) is 26.2 Å². The zero-order valence-corrected chi connectivity index (χ0v) is 22.0. The van der Waals surface area contributed by atoms with Crippen molar-refractivity contribution in [3.8, 4) is 5.69 Å². The fourth-order valence-corrected chi connectivity index (χ4v) is 6.23. The molecule has 37 heavy (non-hydrogen) atoms. The summed E-state index contributed by atoms with van der Waals surface area (Å²) in [5.74, 6) is -0.326. The van der Waals surface area contributed by atoms with Gasteiger partial charge in [-0.3, -0.25) is 4.90 Å². The maximum absolute atomic E-state index is 14.8. The maximum Gasteiger partial charge on any atom is 0.264 e. The van der Waals surface area contributed by atoms with E-state index in [4.69, 9.17) is 0 Å². The Balaban J connectivity index is 1.54. The molecular weight excluding hydrogens is 500 g/mol. The Morgan fingerprint density at radius 2 is 1.81 bits per heavy atom. The molecule has 1 aliphatic heterocycles. The molecule has 12 heteroatoms. The molecule has 0 radical (unpaired) electrons. The molecule has 1 aliphatic rings. The lowest BCUT2D eigenvalue weighted by molar-refractivity contribution is 0.0561. The summed E-state index contributed by atoms with van der Waals surface area (Å²) in [6.07, 6.45) is 2.96. The Bertz CT molecular complexity index is 1540. The number of hydrogen-bond acceptors (Lipinski definition) is 6. The Kier molecular flexibility index (Phi) is 6.37. The number of benzene rings is 2. The van der Waals surface area contributed by atoms with Gasteiger partial charge in [-0.05, 0) is 68.3 Å². The average Bonchev–Trinajstić information content (AvgIpc) is 3.45. The summed E-state index contributed by atoms with van der Waals surface area (Å²) < 4.78 is 58.0. The number of alkyl halides is 1. The van der Waals surface area contributed by atoms with Crippen LogP contribution in [0.25, 0.3) is 16.6 Å². The second-order valence-corrected chi connectivity index (χ2v) is 11.9. The molecule has 9 nitrogen and oxygen atoms in total. The van der Waals surface area contributed by atoms with Crippen LogP contribution in [0.4, 0.5) is 8.78 Å². The van der Waals surface area contributed by atoms with Gasteiger partial charge in [0.25, 0.3) is 10.0 Å². The number of rotatable bonds is 6. The van der Waals surface area contributed by atoms with Crippen molar-refractivity contribution in [2.45, 2.75) is 37.5 Å². The Morgan fingerprint density at radius 1 is 1.08 bits per heavy atom. The number of piperazine rings is 1. The highest BCUT2D eigenvalue weighted by atomic mass is 32.2. The summed E-state index contributed by atoms with van der Waals surface area (Å²) in [6.45, 7) is 5.88. The lowest BCUT2D eigenvalue weighted by Gasteiger charge is -2.42. The third kappa shape index (κ3) is 5.00. The van der Waals surface area contributed by atoms with Crippen LogP contribution in [-0.4, -0.2) is 74.2 Å². The number of sulfonamides is 1. The molecule has 0 N–H and O–H groups in total. The lowest BCUT2D eigenvalue weighted by Crippen LogP contribution is -2.53. The zero-order valence-electron chi connectivity index (χ0n) is 21.1. The number of aryl methyl sites for hydroxylation is 2. The summed E-state index contributed by atoms with van der Waals surface area (Å²) in [7, 11) is -2.31. The molecule has 0 spiro atoms. The van der Waals surface area contributed by atoms with Gasteiger partial charge in [0.1, 0.15) is 11.5 Å². The van der Waals surface area contributed by atoms with Gasteiger partial charge >= 0.3 is 0 Å². The number of nitrogens with zero attached hydrogens (tertiary/aromatic N) is 7. The van der Waals surface area contributed by atoms with Crippen molar-refractivity contribution in [3.63, 3.8) is 0 Å². The van der Waals surface area contributed by atoms with E-state index in [9.17, 15) is 17.2 Å². The lowest BCUT2D eigenvalue weighted by atomic mass is 9.95. The fraction of sp³-hybridized carbons (Fsp3) is 0.400. The van der Waals surface area contributed by atoms with E-state index in [2.05, 4.69) is 15.3 Å². The van der Waals surface area contributed by atoms with Gasteiger partial charge in [0.05, 0.1) is 23.6 Å². The standard InChI is InChI=1S/C25H29F2N7O2S/c1-17-11-22-18(13-29-34(22)20-7-5-19(26)6-8-20)12-21(17)23-15-33(10-9-32(23)16-25(2,3)27)37(35,36)24-14-28-31(4)30-24/h5-8,11-14,23H,9-10,15-16H2,1-4H3/t23-/m1/s1. The summed E-state index contributed by atoms with van der Waals surface area (Å²) in [6, 6.07) is 9.67. The topological polar surface area (TPSA) is 89.2 Å². The highest BCUT2D eigenvalue weighted by molar-refractivity contribution is 7.89. The predicted molar refractivity (Wildman–Crippen MR) is 135 cm³/mol. The molecule has 1 atom stereocenters. The second kappa shape index (κ2) is 9.26. The van der Waals surface area contributed by atoms with Crippen molar-refractivity contribution in [1.29, 1.82) is 0 Å². The molecule has 0 aliphatic carbocycles. The molecule has 0 saturated carbocycles. The van der Waals surface area contributed by atoms with Crippen LogP contribution in [0, 0.1) is 12.7 Å². The van der Waals surface area contributed by atoms with Gasteiger partial charge in [0.2, 0.25) is 5.03 Å². The first-order chi connectivity index (χ1) is 17.4. The quantitative estimate of drug-likeness (QED) is 0.381. The molecule has 196 valence electrons. The first-order valence-corrected chi connectivity index (χ1v) is 13.4. The van der Waals surface area contributed by atoms with Crippen molar-refractivity contribution < 1.29 is 17.2 Å². The Hall–Kier alpha value is -3.22. The molecule has 5 rings (SSSR count). The molecule has 4 aromatic rings. The number of aromatic nitrogens is 5. The summed E-state index contributed by atoms with van der Waals surface area (Å²) >= 11 is 0. The largest absolute Gasteiger partial charge is 0.291 e. The fourth-order valence-electron chi connectivity index (χ4n) is 4.90. The van der Waals surface area contributed by atoms with E-state index in [-0.39, 0.29) is 36.5 Å². The van der Waals surface area contributed by atoms with Gasteiger partial charge in [-0.1, -0.05) is 0 Å². The Labute approximate surface area is 214 Å². The number of fused-ring (bicyclic) bond motifs is 1. The third-order valence-corrected chi connectivity index (χ3v) is 8.33. The van der Waals surface area contributed by atoms with E-state index in [0.717, 1.165) is 27.7 Å². The molecule has 2 aromatic carbocycles. The summed E-state index contributed by atoms with van der Waals surface area (Å²) in [5.41, 5.74) is 1.92. The van der Waals surface area contributed by atoms with Gasteiger partial charge in [0, 0.05) is 44.7 Å². The molecular formula is C25H29F2N7O2S. The first-order valence-electron chi connectivity index (χ1n) is 12.0. The van der Waals surface area contributed by atoms with E-state index >= 15 is 0 Å². The van der Waals surface area contributed by atoms with Crippen LogP contribution in [0.1, 0.15) is 31.0 Å². The highest BCUT2D eigenvalue weighted by Gasteiger charge is 2.38. The molecule has 0 bridgehead atoms. The van der Waals surface area contributed by atoms with Crippen LogP contribution in [0.15, 0.2) is 53.8 Å². The van der Waals surface area contributed by atoms with Crippen LogP contribution < -0.4 is 0 Å². The molecule has 1 saturated heterocycles. The molecule has 1 fully saturated rings. The minimum absolute atomic E-state index is 0.110. The molecule has 0 unspecified atom stereocenters. The molecule has 0 amide bonds. The first kappa shape index (κ1) is 25.4. The predicted octanol–water partition coefficient (Wildman–Crippen LogP) is 3.40. The SMILES string of the molecule is Cc1cc2c(cnn2-c2ccc(F)cc2)cc1[C@H]1CN(S(=O)(=O)c2cnn(C)n2)CCN1CC(C)(C)F. The van der Waals surface area contributed by atoms with Crippen molar-refractivity contribution in [2.24, 2.45) is 7.05 Å². The molecule has 2 aromatic heterocycles. The maximum atomic E-state index is 14.8. The van der Waals surface area contributed by atoms with Crippen LogP contribution in [0.3, 0.4) is 0 Å². The van der Waals surface area contributed by atoms with Crippen LogP contribution >= 0.6 is 0 Å². The van der Waals surface area contributed by atoms with E-state index < -0.39 is 15.7 Å². The summed E-state index contributed by atoms with van der Waals surface area (Å²) in [4.78, 5) is 3.21. The van der Waals surface area contributed by atoms with Crippen molar-refractivity contribution >= 4 is 20.9 Å². The van der Waals surface area contributed by atoms with Gasteiger partial charge in [-0.25, -0.2) is 21.9 Å². The van der Waals surface area contributed by atoms with Gasteiger partial charge in [-0.15, -0.1) is 5.10 Å². The zero-order chi connectivity index (χ0) is 26.5. The normalized spacial score (nSPS) is 18.1. The Morgan fingerprint density at radius 3 is 2.46 bits per heavy atom. The van der Waals surface area contributed by atoms with Crippen LogP contribution in [-0.2, 0) is 17.1 Å². The minimum Gasteiger partial charge on any atom is -0.291 e. The van der Waals surface area contributed by atoms with Crippen molar-refractivity contribution in [3.05, 3.63) is 65.7 Å². The van der Waals surface area contributed by atoms with E-state index in [0.29, 0.717) is 6.54 Å². The van der Waals surface area contributed by atoms with E-state index in [1.807, 2.05) is 24.0 Å². The minimum atomic E-state index is -3.87. The number of halogens is 2. The van der Waals surface area contributed by atoms with Gasteiger partial charge in [-0.2, -0.15) is 19.3 Å². The summed E-state index contributed by atoms with van der Waals surface area (Å²) in [5, 5.41) is 13.1. The second-order valence-electron chi connectivity index (χ2n) is 10.0. The number of hydrogen-bond donors (Lipinski definition) is 0. The van der Waals surface area contributed by atoms with E-state index in [1.165, 1.54) is 41.3 Å². The van der Waals surface area contributed by atoms with Crippen LogP contribution in [0.5, 0.6) is 0 Å². The highest BCUT2D eigenvalue weighted by Crippen LogP contribution is 2.34. The van der Waals surface area contributed by atoms with E-state index in [1.54, 1.807) is 30.1 Å². The van der Waals surface area contributed by atoms with Gasteiger partial charge < -0.3 is 0 Å². The van der Waals surface area contributed by atoms with Crippen molar-refractivity contribution in [1.82, 2.24) is 34.0 Å².